The molecule has 0 aliphatic carbocycles. The molecule has 0 bridgehead atoms. The van der Waals surface area contributed by atoms with Crippen LogP contribution in [0.3, 0.4) is 0 Å². The fraction of sp³-hybridized carbons (Fsp3) is 0.667. The van der Waals surface area contributed by atoms with Crippen LogP contribution in [0, 0.1) is 0 Å². The molecule has 2 aliphatic heterocycles. The molecule has 0 radical (unpaired) electrons. The van der Waals surface area contributed by atoms with E-state index in [4.69, 9.17) is 9.73 Å². The Kier molecular flexibility index (Phi) is 10.2. The van der Waals surface area contributed by atoms with Crippen molar-refractivity contribution in [2.75, 3.05) is 63.1 Å². The number of guanidine groups is 1. The molecule has 0 amide bonds. The first-order valence-corrected chi connectivity index (χ1v) is 11.4. The van der Waals surface area contributed by atoms with Crippen molar-refractivity contribution >= 4 is 47.4 Å². The maximum absolute atomic E-state index is 10.1. The van der Waals surface area contributed by atoms with Crippen LogP contribution in [0.2, 0.25) is 0 Å². The lowest BCUT2D eigenvalue weighted by Crippen LogP contribution is -2.53. The van der Waals surface area contributed by atoms with Crippen molar-refractivity contribution in [3.8, 4) is 5.75 Å². The number of ether oxygens (including phenoxy) is 1. The summed E-state index contributed by atoms with van der Waals surface area (Å²) >= 11 is 2.04. The van der Waals surface area contributed by atoms with Crippen molar-refractivity contribution in [3.63, 3.8) is 0 Å². The number of hydrogen-bond acceptors (Lipinski definition) is 5. The third-order valence-electron chi connectivity index (χ3n) is 5.51. The van der Waals surface area contributed by atoms with Crippen molar-refractivity contribution < 1.29 is 9.84 Å². The van der Waals surface area contributed by atoms with E-state index < -0.39 is 0 Å². The van der Waals surface area contributed by atoms with Crippen molar-refractivity contribution in [1.29, 1.82) is 0 Å². The summed E-state index contributed by atoms with van der Waals surface area (Å²) in [6.07, 6.45) is 2.16. The van der Waals surface area contributed by atoms with Gasteiger partial charge in [0.15, 0.2) is 5.96 Å². The Hall–Kier alpha value is -0.870. The second kappa shape index (κ2) is 12.1. The molecule has 29 heavy (non-hydrogen) atoms. The molecule has 0 aromatic heterocycles. The molecule has 2 aliphatic rings. The predicted molar refractivity (Wildman–Crippen MR) is 134 cm³/mol. The van der Waals surface area contributed by atoms with Crippen molar-refractivity contribution in [3.05, 3.63) is 24.3 Å². The van der Waals surface area contributed by atoms with E-state index in [0.29, 0.717) is 5.75 Å². The van der Waals surface area contributed by atoms with Gasteiger partial charge in [-0.2, -0.15) is 11.8 Å². The minimum Gasteiger partial charge on any atom is -0.506 e. The third-order valence-corrected chi connectivity index (χ3v) is 6.95. The highest BCUT2D eigenvalue weighted by Crippen LogP contribution is 2.35. The molecule has 2 heterocycles. The van der Waals surface area contributed by atoms with E-state index >= 15 is 0 Å². The Labute approximate surface area is 196 Å². The molecule has 0 spiro atoms. The van der Waals surface area contributed by atoms with Crippen LogP contribution in [0.25, 0.3) is 0 Å². The third kappa shape index (κ3) is 6.55. The Morgan fingerprint density at radius 1 is 1.17 bits per heavy atom. The number of benzene rings is 1. The van der Waals surface area contributed by atoms with Crippen LogP contribution >= 0.6 is 35.7 Å². The number of para-hydroxylation sites is 2. The summed E-state index contributed by atoms with van der Waals surface area (Å²) in [5.74, 6) is 2.49. The number of anilines is 1. The number of halogens is 1. The molecular weight excluding hydrogens is 499 g/mol. The normalized spacial score (nSPS) is 19.6. The van der Waals surface area contributed by atoms with Gasteiger partial charge in [0.25, 0.3) is 0 Å². The summed E-state index contributed by atoms with van der Waals surface area (Å²) in [5.41, 5.74) is 0.921. The van der Waals surface area contributed by atoms with Crippen molar-refractivity contribution in [2.45, 2.75) is 31.4 Å². The first kappa shape index (κ1) is 24.4. The summed E-state index contributed by atoms with van der Waals surface area (Å²) in [7, 11) is 0. The quantitative estimate of drug-likeness (QED) is 0.332. The number of aromatic hydroxyl groups is 1. The highest BCUT2D eigenvalue weighted by atomic mass is 127. The van der Waals surface area contributed by atoms with Gasteiger partial charge in [-0.25, -0.2) is 0 Å². The van der Waals surface area contributed by atoms with Crippen LogP contribution in [0.15, 0.2) is 29.3 Å². The molecule has 0 unspecified atom stereocenters. The lowest BCUT2D eigenvalue weighted by Gasteiger charge is -2.39. The lowest BCUT2D eigenvalue weighted by molar-refractivity contribution is 0.0792. The van der Waals surface area contributed by atoms with Crippen LogP contribution in [0.5, 0.6) is 5.75 Å². The molecule has 1 aromatic carbocycles. The summed E-state index contributed by atoms with van der Waals surface area (Å²) in [6.45, 7) is 11.3. The molecule has 2 saturated heterocycles. The van der Waals surface area contributed by atoms with E-state index in [0.717, 1.165) is 82.7 Å². The van der Waals surface area contributed by atoms with E-state index in [1.165, 1.54) is 0 Å². The van der Waals surface area contributed by atoms with Crippen LogP contribution < -0.4 is 10.2 Å². The maximum Gasteiger partial charge on any atom is 0.194 e. The highest BCUT2D eigenvalue weighted by molar-refractivity contribution is 14.0. The van der Waals surface area contributed by atoms with Gasteiger partial charge in [-0.1, -0.05) is 19.1 Å². The summed E-state index contributed by atoms with van der Waals surface area (Å²) < 4.78 is 5.81. The second-order valence-electron chi connectivity index (χ2n) is 7.36. The number of thioether (sulfide) groups is 1. The van der Waals surface area contributed by atoms with Gasteiger partial charge in [-0.05, 0) is 37.7 Å². The Bertz CT molecular complexity index is 642. The first-order valence-electron chi connectivity index (χ1n) is 10.5. The SMILES string of the molecule is CCNC(=NCC1(SCC)CCOCC1)N1CCN(c2ccccc2O)CC1.I. The van der Waals surface area contributed by atoms with E-state index in [-0.39, 0.29) is 28.7 Å². The number of phenols is 1. The molecule has 1 aromatic rings. The molecule has 2 fully saturated rings. The average molecular weight is 535 g/mol. The lowest BCUT2D eigenvalue weighted by atomic mass is 9.99. The molecule has 164 valence electrons. The number of phenolic OH excluding ortho intramolecular Hbond substituents is 1. The maximum atomic E-state index is 10.1. The zero-order valence-corrected chi connectivity index (χ0v) is 20.7. The van der Waals surface area contributed by atoms with Crippen LogP contribution in [0.1, 0.15) is 26.7 Å². The monoisotopic (exact) mass is 534 g/mol. The minimum atomic E-state index is 0. The summed E-state index contributed by atoms with van der Waals surface area (Å²) in [6, 6.07) is 7.59. The zero-order valence-electron chi connectivity index (χ0n) is 17.6. The van der Waals surface area contributed by atoms with E-state index in [1.807, 2.05) is 30.0 Å². The fourth-order valence-electron chi connectivity index (χ4n) is 3.93. The van der Waals surface area contributed by atoms with E-state index in [9.17, 15) is 5.11 Å². The molecule has 2 N–H and O–H groups in total. The Balaban J connectivity index is 0.00000300. The van der Waals surface area contributed by atoms with Crippen LogP contribution in [-0.4, -0.2) is 78.9 Å². The van der Waals surface area contributed by atoms with Crippen LogP contribution in [-0.2, 0) is 4.74 Å². The van der Waals surface area contributed by atoms with E-state index in [1.54, 1.807) is 6.07 Å². The number of nitrogens with zero attached hydrogens (tertiary/aromatic N) is 3. The van der Waals surface area contributed by atoms with Gasteiger partial charge in [0.2, 0.25) is 0 Å². The highest BCUT2D eigenvalue weighted by Gasteiger charge is 2.33. The number of nitrogens with one attached hydrogen (secondary N) is 1. The van der Waals surface area contributed by atoms with Gasteiger partial charge in [-0.15, -0.1) is 24.0 Å². The summed E-state index contributed by atoms with van der Waals surface area (Å²) in [4.78, 5) is 9.66. The molecule has 0 saturated carbocycles. The average Bonchev–Trinajstić information content (AvgIpc) is 2.73. The molecule has 0 atom stereocenters. The van der Waals surface area contributed by atoms with Gasteiger partial charge in [0.1, 0.15) is 5.75 Å². The van der Waals surface area contributed by atoms with Gasteiger partial charge in [0.05, 0.1) is 12.2 Å². The smallest absolute Gasteiger partial charge is 0.194 e. The standard InChI is InChI=1S/C21H34N4O2S.HI/c1-3-22-20(23-17-21(28-4-2)9-15-27-16-10-21)25-13-11-24(12-14-25)18-7-5-6-8-19(18)26;/h5-8,26H,3-4,9-17H2,1-2H3,(H,22,23);1H. The number of rotatable bonds is 6. The number of hydrogen-bond donors (Lipinski definition) is 2. The van der Waals surface area contributed by atoms with Gasteiger partial charge in [0, 0.05) is 50.7 Å². The fourth-order valence-corrected chi connectivity index (χ4v) is 5.16. The first-order chi connectivity index (χ1) is 13.7. The van der Waals surface area contributed by atoms with Crippen LogP contribution in [0.4, 0.5) is 5.69 Å². The number of piperazine rings is 1. The summed E-state index contributed by atoms with van der Waals surface area (Å²) in [5, 5.41) is 13.6. The largest absolute Gasteiger partial charge is 0.506 e. The zero-order chi connectivity index (χ0) is 19.8. The Morgan fingerprint density at radius 3 is 2.48 bits per heavy atom. The van der Waals surface area contributed by atoms with Gasteiger partial charge in [-0.3, -0.25) is 4.99 Å². The Morgan fingerprint density at radius 2 is 1.86 bits per heavy atom. The van der Waals surface area contributed by atoms with Crippen molar-refractivity contribution in [2.24, 2.45) is 4.99 Å². The molecular formula is C21H35IN4O2S. The van der Waals surface area contributed by atoms with Gasteiger partial charge < -0.3 is 25.0 Å². The number of aliphatic imine (C=N–C) groups is 1. The van der Waals surface area contributed by atoms with Crippen molar-refractivity contribution in [1.82, 2.24) is 10.2 Å². The van der Waals surface area contributed by atoms with Gasteiger partial charge >= 0.3 is 0 Å². The molecule has 8 heteroatoms. The molecule has 3 rings (SSSR count). The predicted octanol–water partition coefficient (Wildman–Crippen LogP) is 3.40. The van der Waals surface area contributed by atoms with E-state index in [2.05, 4.69) is 29.0 Å². The minimum absolute atomic E-state index is 0. The topological polar surface area (TPSA) is 60.3 Å². The second-order valence-corrected chi connectivity index (χ2v) is 9.09. The molecule has 6 nitrogen and oxygen atoms in total.